The average molecular weight is 240 g/mol. The maximum atomic E-state index is 5.43. The molecule has 0 aromatic heterocycles. The van der Waals surface area contributed by atoms with Gasteiger partial charge < -0.3 is 9.47 Å². The van der Waals surface area contributed by atoms with Crippen LogP contribution in [-0.4, -0.2) is 26.4 Å². The second-order valence-corrected chi connectivity index (χ2v) is 4.34. The first-order valence-electron chi connectivity index (χ1n) is 7.00. The minimum absolute atomic E-state index is 0.390. The van der Waals surface area contributed by atoms with Gasteiger partial charge in [0.15, 0.2) is 0 Å². The molecule has 17 heavy (non-hydrogen) atoms. The summed E-state index contributed by atoms with van der Waals surface area (Å²) in [7, 11) is 0. The van der Waals surface area contributed by atoms with E-state index < -0.39 is 0 Å². The molecule has 0 fully saturated rings. The minimum atomic E-state index is 0.390. The molecule has 2 nitrogen and oxygen atoms in total. The van der Waals surface area contributed by atoms with E-state index >= 15 is 0 Å². The van der Waals surface area contributed by atoms with E-state index in [9.17, 15) is 0 Å². The number of rotatable bonds is 13. The molecule has 0 saturated heterocycles. The first-order chi connectivity index (χ1) is 8.41. The molecule has 0 N–H and O–H groups in total. The van der Waals surface area contributed by atoms with Gasteiger partial charge in [-0.05, 0) is 6.42 Å². The normalized spacial score (nSPS) is 10.4. The minimum Gasteiger partial charge on any atom is -0.379 e. The van der Waals surface area contributed by atoms with Gasteiger partial charge in [-0.2, -0.15) is 0 Å². The van der Waals surface area contributed by atoms with E-state index in [-0.39, 0.29) is 0 Å². The molecular formula is C15H28O2. The molecular weight excluding hydrogens is 212 g/mol. The van der Waals surface area contributed by atoms with Gasteiger partial charge in [0.05, 0.1) is 13.2 Å². The maximum absolute atomic E-state index is 5.43. The molecule has 0 saturated carbocycles. The molecule has 0 bridgehead atoms. The molecule has 0 unspecified atom stereocenters. The van der Waals surface area contributed by atoms with Crippen LogP contribution in [0.15, 0.2) is 0 Å². The van der Waals surface area contributed by atoms with Gasteiger partial charge in [0, 0.05) is 6.61 Å². The summed E-state index contributed by atoms with van der Waals surface area (Å²) in [6.07, 6.45) is 15.8. The van der Waals surface area contributed by atoms with Crippen LogP contribution < -0.4 is 0 Å². The van der Waals surface area contributed by atoms with E-state index in [4.69, 9.17) is 15.9 Å². The van der Waals surface area contributed by atoms with Crippen LogP contribution in [0.2, 0.25) is 0 Å². The molecule has 0 amide bonds. The molecule has 0 rings (SSSR count). The van der Waals surface area contributed by atoms with Crippen LogP contribution in [-0.2, 0) is 9.47 Å². The second-order valence-electron chi connectivity index (χ2n) is 4.34. The van der Waals surface area contributed by atoms with Crippen LogP contribution in [0.4, 0.5) is 0 Å². The van der Waals surface area contributed by atoms with Gasteiger partial charge in [0.1, 0.15) is 6.61 Å². The largest absolute Gasteiger partial charge is 0.379 e. The Bertz CT molecular complexity index is 172. The van der Waals surface area contributed by atoms with Gasteiger partial charge in [-0.25, -0.2) is 0 Å². The van der Waals surface area contributed by atoms with E-state index in [2.05, 4.69) is 12.8 Å². The predicted octanol–water partition coefficient (Wildman–Crippen LogP) is 3.79. The van der Waals surface area contributed by atoms with Crippen molar-refractivity contribution in [2.24, 2.45) is 0 Å². The quantitative estimate of drug-likeness (QED) is 0.360. The van der Waals surface area contributed by atoms with E-state index in [1.807, 2.05) is 0 Å². The lowest BCUT2D eigenvalue weighted by Crippen LogP contribution is -2.05. The molecule has 0 aliphatic heterocycles. The number of terminal acetylenes is 1. The Kier molecular flexibility index (Phi) is 15.0. The lowest BCUT2D eigenvalue weighted by atomic mass is 10.1. The monoisotopic (exact) mass is 240 g/mol. The number of hydrogen-bond donors (Lipinski definition) is 0. The van der Waals surface area contributed by atoms with E-state index in [1.165, 1.54) is 51.4 Å². The highest BCUT2D eigenvalue weighted by Gasteiger charge is 1.92. The zero-order valence-electron chi connectivity index (χ0n) is 11.4. The molecule has 2 heteroatoms. The van der Waals surface area contributed by atoms with Crippen molar-refractivity contribution in [3.8, 4) is 12.3 Å². The summed E-state index contributed by atoms with van der Waals surface area (Å²) in [4.78, 5) is 0. The fraction of sp³-hybridized carbons (Fsp3) is 0.867. The number of unbranched alkanes of at least 4 members (excludes halogenated alkanes) is 7. The van der Waals surface area contributed by atoms with Crippen molar-refractivity contribution >= 4 is 0 Å². The van der Waals surface area contributed by atoms with Crippen LogP contribution in [0.5, 0.6) is 0 Å². The maximum Gasteiger partial charge on any atom is 0.107 e. The van der Waals surface area contributed by atoms with Gasteiger partial charge >= 0.3 is 0 Å². The predicted molar refractivity (Wildman–Crippen MR) is 73.1 cm³/mol. The van der Waals surface area contributed by atoms with Crippen molar-refractivity contribution in [2.75, 3.05) is 26.4 Å². The fourth-order valence-corrected chi connectivity index (χ4v) is 1.69. The summed E-state index contributed by atoms with van der Waals surface area (Å²) in [5.41, 5.74) is 0. The molecule has 0 atom stereocenters. The Labute approximate surface area is 107 Å². The average Bonchev–Trinajstić information content (AvgIpc) is 2.35. The Morgan fingerprint density at radius 1 is 0.765 bits per heavy atom. The molecule has 0 aliphatic rings. The smallest absolute Gasteiger partial charge is 0.107 e. The van der Waals surface area contributed by atoms with Gasteiger partial charge in [0.2, 0.25) is 0 Å². The summed E-state index contributed by atoms with van der Waals surface area (Å²) in [5.74, 6) is 2.43. The summed E-state index contributed by atoms with van der Waals surface area (Å²) < 4.78 is 10.5. The topological polar surface area (TPSA) is 18.5 Å². The summed E-state index contributed by atoms with van der Waals surface area (Å²) in [5, 5.41) is 0. The Hall–Kier alpha value is -0.520. The zero-order valence-corrected chi connectivity index (χ0v) is 11.4. The van der Waals surface area contributed by atoms with Crippen molar-refractivity contribution < 1.29 is 9.47 Å². The van der Waals surface area contributed by atoms with Crippen LogP contribution in [0.1, 0.15) is 58.3 Å². The Morgan fingerprint density at radius 3 is 2.00 bits per heavy atom. The Balaban J connectivity index is 2.87. The highest BCUT2D eigenvalue weighted by atomic mass is 16.5. The lowest BCUT2D eigenvalue weighted by Gasteiger charge is -2.04. The van der Waals surface area contributed by atoms with Crippen molar-refractivity contribution in [3.05, 3.63) is 0 Å². The molecule has 0 aromatic carbocycles. The first-order valence-corrected chi connectivity index (χ1v) is 7.00. The molecule has 0 spiro atoms. The second kappa shape index (κ2) is 15.5. The molecule has 0 heterocycles. The summed E-state index contributed by atoms with van der Waals surface area (Å²) in [6, 6.07) is 0. The SMILES string of the molecule is C#CCOCCOCCCCCCCCCC. The zero-order chi connectivity index (χ0) is 12.6. The molecule has 0 radical (unpaired) electrons. The fourth-order valence-electron chi connectivity index (χ4n) is 1.69. The van der Waals surface area contributed by atoms with Crippen LogP contribution in [0.25, 0.3) is 0 Å². The van der Waals surface area contributed by atoms with Crippen molar-refractivity contribution in [2.45, 2.75) is 58.3 Å². The van der Waals surface area contributed by atoms with Crippen molar-refractivity contribution in [3.63, 3.8) is 0 Å². The van der Waals surface area contributed by atoms with Gasteiger partial charge in [-0.15, -0.1) is 6.42 Å². The molecule has 0 aromatic rings. The van der Waals surface area contributed by atoms with Crippen molar-refractivity contribution in [1.82, 2.24) is 0 Å². The molecule has 100 valence electrons. The number of hydrogen-bond acceptors (Lipinski definition) is 2. The van der Waals surface area contributed by atoms with Crippen LogP contribution in [0.3, 0.4) is 0 Å². The van der Waals surface area contributed by atoms with E-state index in [1.54, 1.807) is 0 Å². The standard InChI is InChI=1S/C15H28O2/c1-3-5-6-7-8-9-10-11-13-17-15-14-16-12-4-2/h2H,3,5-15H2,1H3. The van der Waals surface area contributed by atoms with Crippen molar-refractivity contribution in [1.29, 1.82) is 0 Å². The lowest BCUT2D eigenvalue weighted by molar-refractivity contribution is 0.0583. The highest BCUT2D eigenvalue weighted by molar-refractivity contribution is 4.82. The Morgan fingerprint density at radius 2 is 1.35 bits per heavy atom. The van der Waals surface area contributed by atoms with Crippen LogP contribution >= 0.6 is 0 Å². The van der Waals surface area contributed by atoms with Gasteiger partial charge in [0.25, 0.3) is 0 Å². The third kappa shape index (κ3) is 15.5. The third-order valence-electron chi connectivity index (χ3n) is 2.70. The summed E-state index contributed by atoms with van der Waals surface area (Å²) >= 11 is 0. The highest BCUT2D eigenvalue weighted by Crippen LogP contribution is 2.08. The van der Waals surface area contributed by atoms with Crippen LogP contribution in [0, 0.1) is 12.3 Å². The third-order valence-corrected chi connectivity index (χ3v) is 2.70. The summed E-state index contributed by atoms with van der Waals surface area (Å²) in [6.45, 7) is 4.78. The van der Waals surface area contributed by atoms with E-state index in [0.717, 1.165) is 6.61 Å². The molecule has 0 aliphatic carbocycles. The van der Waals surface area contributed by atoms with E-state index in [0.29, 0.717) is 19.8 Å². The first kappa shape index (κ1) is 16.5. The van der Waals surface area contributed by atoms with Gasteiger partial charge in [-0.3, -0.25) is 0 Å². The number of ether oxygens (including phenoxy) is 2. The van der Waals surface area contributed by atoms with Gasteiger partial charge in [-0.1, -0.05) is 57.8 Å².